The molecule has 6 rings (SSSR count). The number of ether oxygens (including phenoxy) is 1. The van der Waals surface area contributed by atoms with Crippen molar-refractivity contribution in [2.24, 2.45) is 0 Å². The summed E-state index contributed by atoms with van der Waals surface area (Å²) in [5.41, 5.74) is 4.54. The van der Waals surface area contributed by atoms with E-state index in [0.717, 1.165) is 32.7 Å². The fourth-order valence-corrected chi connectivity index (χ4v) is 6.35. The normalized spacial score (nSPS) is 20.5. The molecule has 1 fully saturated rings. The molecule has 1 aromatic heterocycles. The highest BCUT2D eigenvalue weighted by atomic mass is 32.1. The summed E-state index contributed by atoms with van der Waals surface area (Å²) in [5.74, 6) is -1.60. The Balaban J connectivity index is 1.54. The summed E-state index contributed by atoms with van der Waals surface area (Å²) < 4.78 is 20.5. The zero-order valence-electron chi connectivity index (χ0n) is 20.4. The SMILES string of the molecule is Cc1cc(C)c2nc(N3C(=O)C(=O)C(=C(O)c4ccc5c(c4)C[C@H](C)O5)[C@H]3c3ccc(F)cc3)sc2c1. The van der Waals surface area contributed by atoms with Crippen LogP contribution in [0.25, 0.3) is 16.0 Å². The number of thiazole rings is 1. The fourth-order valence-electron chi connectivity index (χ4n) is 5.18. The molecule has 6 nitrogen and oxygen atoms in total. The van der Waals surface area contributed by atoms with Crippen LogP contribution in [0.2, 0.25) is 0 Å². The number of aromatic nitrogens is 1. The fraction of sp³-hybridized carbons (Fsp3) is 0.207. The third-order valence-corrected chi connectivity index (χ3v) is 7.83. The molecular weight excluding hydrogens is 491 g/mol. The number of amides is 1. The number of rotatable bonds is 3. The number of hydrogen-bond acceptors (Lipinski definition) is 6. The molecule has 0 unspecified atom stereocenters. The number of anilines is 1. The van der Waals surface area contributed by atoms with E-state index in [4.69, 9.17) is 9.72 Å². The number of aryl methyl sites for hydroxylation is 2. The number of fused-ring (bicyclic) bond motifs is 2. The van der Waals surface area contributed by atoms with E-state index in [-0.39, 0.29) is 17.4 Å². The molecule has 186 valence electrons. The summed E-state index contributed by atoms with van der Waals surface area (Å²) in [6, 6.07) is 13.8. The van der Waals surface area contributed by atoms with Gasteiger partial charge in [0.05, 0.1) is 21.8 Å². The predicted molar refractivity (Wildman–Crippen MR) is 141 cm³/mol. The first-order chi connectivity index (χ1) is 17.7. The summed E-state index contributed by atoms with van der Waals surface area (Å²) in [6.07, 6.45) is 0.694. The van der Waals surface area contributed by atoms with Gasteiger partial charge in [-0.2, -0.15) is 0 Å². The van der Waals surface area contributed by atoms with Crippen molar-refractivity contribution in [2.45, 2.75) is 39.3 Å². The molecule has 0 aliphatic carbocycles. The van der Waals surface area contributed by atoms with Crippen LogP contribution in [-0.4, -0.2) is 27.9 Å². The number of ketones is 1. The third kappa shape index (κ3) is 3.79. The Bertz CT molecular complexity index is 1640. The molecule has 0 saturated carbocycles. The van der Waals surface area contributed by atoms with E-state index in [9.17, 15) is 19.1 Å². The van der Waals surface area contributed by atoms with Crippen molar-refractivity contribution in [3.05, 3.63) is 93.8 Å². The lowest BCUT2D eigenvalue weighted by molar-refractivity contribution is -0.132. The van der Waals surface area contributed by atoms with E-state index in [1.54, 1.807) is 18.2 Å². The molecule has 3 aromatic carbocycles. The average molecular weight is 515 g/mol. The zero-order chi connectivity index (χ0) is 26.0. The van der Waals surface area contributed by atoms with E-state index in [2.05, 4.69) is 0 Å². The maximum atomic E-state index is 13.8. The van der Waals surface area contributed by atoms with Crippen LogP contribution < -0.4 is 9.64 Å². The first kappa shape index (κ1) is 23.4. The lowest BCUT2D eigenvalue weighted by Gasteiger charge is -2.23. The molecule has 1 saturated heterocycles. The lowest BCUT2D eigenvalue weighted by Crippen LogP contribution is -2.29. The molecule has 2 aliphatic rings. The van der Waals surface area contributed by atoms with Gasteiger partial charge in [-0.1, -0.05) is 29.5 Å². The second-order valence-corrected chi connectivity index (χ2v) is 10.6. The Morgan fingerprint density at radius 2 is 1.86 bits per heavy atom. The first-order valence-electron chi connectivity index (χ1n) is 12.0. The standard InChI is InChI=1S/C29H23FN2O4S/c1-14-10-15(2)24-22(11-14)37-29(31-24)32-25(17-4-7-20(30)8-5-17)23(27(34)28(32)35)26(33)18-6-9-21-19(13-18)12-16(3)36-21/h4-11,13,16,25,33H,12H2,1-3H3/t16-,25+/m0/s1. The first-order valence-corrected chi connectivity index (χ1v) is 12.8. The average Bonchev–Trinajstić information content (AvgIpc) is 3.52. The van der Waals surface area contributed by atoms with E-state index in [1.807, 2.05) is 32.9 Å². The quantitative estimate of drug-likeness (QED) is 0.206. The molecule has 3 heterocycles. The molecular formula is C29H23FN2O4S. The van der Waals surface area contributed by atoms with Crippen LogP contribution in [0.15, 0.2) is 60.2 Å². The van der Waals surface area contributed by atoms with Gasteiger partial charge in [0.2, 0.25) is 0 Å². The minimum Gasteiger partial charge on any atom is -0.507 e. The molecule has 4 aromatic rings. The topological polar surface area (TPSA) is 79.7 Å². The Morgan fingerprint density at radius 1 is 1.11 bits per heavy atom. The summed E-state index contributed by atoms with van der Waals surface area (Å²) in [5, 5.41) is 11.8. The van der Waals surface area contributed by atoms with E-state index < -0.39 is 23.5 Å². The van der Waals surface area contributed by atoms with Gasteiger partial charge >= 0.3 is 5.91 Å². The molecule has 2 atom stereocenters. The van der Waals surface area contributed by atoms with Gasteiger partial charge in [-0.05, 0) is 79.4 Å². The Kier molecular flexibility index (Phi) is 5.38. The highest BCUT2D eigenvalue weighted by molar-refractivity contribution is 7.22. The van der Waals surface area contributed by atoms with Crippen molar-refractivity contribution < 1.29 is 23.8 Å². The number of carbonyl (C=O) groups is 2. The van der Waals surface area contributed by atoms with Gasteiger partial charge in [0.1, 0.15) is 23.4 Å². The smallest absolute Gasteiger partial charge is 0.301 e. The highest BCUT2D eigenvalue weighted by Crippen LogP contribution is 2.45. The summed E-state index contributed by atoms with van der Waals surface area (Å²) >= 11 is 1.30. The van der Waals surface area contributed by atoms with Crippen molar-refractivity contribution in [3.8, 4) is 5.75 Å². The van der Waals surface area contributed by atoms with E-state index in [1.165, 1.54) is 40.5 Å². The Labute approximate surface area is 216 Å². The van der Waals surface area contributed by atoms with E-state index in [0.29, 0.717) is 22.7 Å². The second kappa shape index (κ2) is 8.52. The van der Waals surface area contributed by atoms with Crippen molar-refractivity contribution in [1.82, 2.24) is 4.98 Å². The van der Waals surface area contributed by atoms with Gasteiger partial charge in [-0.15, -0.1) is 0 Å². The minimum atomic E-state index is -0.967. The van der Waals surface area contributed by atoms with Crippen LogP contribution in [0.5, 0.6) is 5.75 Å². The minimum absolute atomic E-state index is 0.0170. The van der Waals surface area contributed by atoms with Crippen molar-refractivity contribution in [1.29, 1.82) is 0 Å². The number of aliphatic hydroxyl groups is 1. The summed E-state index contributed by atoms with van der Waals surface area (Å²) in [7, 11) is 0. The summed E-state index contributed by atoms with van der Waals surface area (Å²) in [6.45, 7) is 5.89. The van der Waals surface area contributed by atoms with Gasteiger partial charge in [0.25, 0.3) is 5.78 Å². The van der Waals surface area contributed by atoms with Crippen molar-refractivity contribution in [2.75, 3.05) is 4.90 Å². The number of Topliss-reactive ketones (excluding diaryl/α,β-unsaturated/α-hetero) is 1. The number of hydrogen-bond donors (Lipinski definition) is 1. The number of nitrogens with zero attached hydrogens (tertiary/aromatic N) is 2. The molecule has 8 heteroatoms. The van der Waals surface area contributed by atoms with E-state index >= 15 is 0 Å². The molecule has 1 amide bonds. The van der Waals surface area contributed by atoms with Gasteiger partial charge in [-0.3, -0.25) is 14.5 Å². The van der Waals surface area contributed by atoms with Crippen LogP contribution in [-0.2, 0) is 16.0 Å². The molecule has 1 N–H and O–H groups in total. The molecule has 0 radical (unpaired) electrons. The molecule has 0 spiro atoms. The molecule has 0 bridgehead atoms. The largest absolute Gasteiger partial charge is 0.507 e. The lowest BCUT2D eigenvalue weighted by atomic mass is 9.94. The number of halogens is 1. The van der Waals surface area contributed by atoms with Crippen LogP contribution in [0.4, 0.5) is 9.52 Å². The number of aliphatic hydroxyl groups excluding tert-OH is 1. The van der Waals surface area contributed by atoms with Crippen molar-refractivity contribution >= 4 is 44.1 Å². The highest BCUT2D eigenvalue weighted by Gasteiger charge is 2.48. The second-order valence-electron chi connectivity index (χ2n) is 9.60. The van der Waals surface area contributed by atoms with Gasteiger partial charge < -0.3 is 9.84 Å². The van der Waals surface area contributed by atoms with Crippen LogP contribution >= 0.6 is 11.3 Å². The monoisotopic (exact) mass is 514 g/mol. The molecule has 37 heavy (non-hydrogen) atoms. The Hall–Kier alpha value is -4.04. The van der Waals surface area contributed by atoms with Crippen molar-refractivity contribution in [3.63, 3.8) is 0 Å². The zero-order valence-corrected chi connectivity index (χ0v) is 21.2. The summed E-state index contributed by atoms with van der Waals surface area (Å²) in [4.78, 5) is 32.9. The maximum Gasteiger partial charge on any atom is 0.301 e. The van der Waals surface area contributed by atoms with Crippen LogP contribution in [0, 0.1) is 19.7 Å². The maximum absolute atomic E-state index is 13.8. The number of benzene rings is 3. The molecule has 2 aliphatic heterocycles. The third-order valence-electron chi connectivity index (χ3n) is 6.82. The van der Waals surface area contributed by atoms with Gasteiger partial charge in [0, 0.05) is 12.0 Å². The predicted octanol–water partition coefficient (Wildman–Crippen LogP) is 6.00. The number of carbonyl (C=O) groups excluding carboxylic acids is 2. The Morgan fingerprint density at radius 3 is 2.62 bits per heavy atom. The van der Waals surface area contributed by atoms with Gasteiger partial charge in [0.15, 0.2) is 5.13 Å². The van der Waals surface area contributed by atoms with Crippen LogP contribution in [0.3, 0.4) is 0 Å². The van der Waals surface area contributed by atoms with Crippen LogP contribution in [0.1, 0.15) is 40.8 Å². The van der Waals surface area contributed by atoms with Gasteiger partial charge in [-0.25, -0.2) is 9.37 Å².